The van der Waals surface area contributed by atoms with Crippen molar-refractivity contribution in [3.63, 3.8) is 0 Å². The highest BCUT2D eigenvalue weighted by Crippen LogP contribution is 2.21. The number of aryl methyl sites for hydroxylation is 1. The Kier molecular flexibility index (Phi) is 2.37. The van der Waals surface area contributed by atoms with Crippen LogP contribution >= 0.6 is 0 Å². The molecule has 0 radical (unpaired) electrons. The monoisotopic (exact) mass is 200 g/mol. The molecule has 0 saturated carbocycles. The van der Waals surface area contributed by atoms with Crippen molar-refractivity contribution < 1.29 is 4.79 Å². The van der Waals surface area contributed by atoms with E-state index in [0.29, 0.717) is 5.56 Å². The summed E-state index contributed by atoms with van der Waals surface area (Å²) in [6, 6.07) is 7.98. The van der Waals surface area contributed by atoms with Gasteiger partial charge in [0, 0.05) is 5.56 Å². The zero-order valence-corrected chi connectivity index (χ0v) is 8.74. The van der Waals surface area contributed by atoms with Gasteiger partial charge in [0.15, 0.2) is 5.78 Å². The molecule has 0 aliphatic heterocycles. The first-order valence-corrected chi connectivity index (χ1v) is 4.80. The number of nitrogens with one attached hydrogen (secondary N) is 1. The van der Waals surface area contributed by atoms with E-state index in [1.807, 2.05) is 31.2 Å². The van der Waals surface area contributed by atoms with Gasteiger partial charge in [-0.3, -0.25) is 9.89 Å². The van der Waals surface area contributed by atoms with E-state index in [4.69, 9.17) is 0 Å². The van der Waals surface area contributed by atoms with Crippen LogP contribution in [0.2, 0.25) is 0 Å². The molecule has 0 bridgehead atoms. The average Bonchev–Trinajstić information content (AvgIpc) is 2.65. The Morgan fingerprint density at radius 2 is 2.20 bits per heavy atom. The first-order chi connectivity index (χ1) is 7.18. The lowest BCUT2D eigenvalue weighted by atomic mass is 10.0. The van der Waals surface area contributed by atoms with Gasteiger partial charge in [-0.05, 0) is 19.9 Å². The molecule has 0 aliphatic rings. The molecule has 0 unspecified atom stereocenters. The van der Waals surface area contributed by atoms with Crippen LogP contribution in [-0.2, 0) is 0 Å². The molecule has 1 aromatic carbocycles. The highest BCUT2D eigenvalue weighted by atomic mass is 16.1. The molecule has 0 amide bonds. The SMILES string of the molecule is CC(=O)c1cn[nH]c1-c1cccc(C)c1. The first kappa shape index (κ1) is 9.65. The van der Waals surface area contributed by atoms with Crippen molar-refractivity contribution in [1.29, 1.82) is 0 Å². The minimum absolute atomic E-state index is 0.0280. The molecule has 76 valence electrons. The van der Waals surface area contributed by atoms with Crippen LogP contribution in [0.5, 0.6) is 0 Å². The van der Waals surface area contributed by atoms with Gasteiger partial charge in [0.2, 0.25) is 0 Å². The number of H-pyrrole nitrogens is 1. The van der Waals surface area contributed by atoms with Crippen molar-refractivity contribution in [2.24, 2.45) is 0 Å². The Bertz CT molecular complexity index is 500. The molecule has 1 aromatic heterocycles. The number of carbonyl (C=O) groups excluding carboxylic acids is 1. The minimum atomic E-state index is 0.0280. The molecule has 1 N–H and O–H groups in total. The lowest BCUT2D eigenvalue weighted by molar-refractivity contribution is 0.101. The fourth-order valence-electron chi connectivity index (χ4n) is 1.57. The number of carbonyl (C=O) groups is 1. The summed E-state index contributed by atoms with van der Waals surface area (Å²) in [6.45, 7) is 3.57. The van der Waals surface area contributed by atoms with E-state index in [1.165, 1.54) is 0 Å². The Morgan fingerprint density at radius 3 is 2.87 bits per heavy atom. The van der Waals surface area contributed by atoms with Crippen LogP contribution in [0.1, 0.15) is 22.8 Å². The van der Waals surface area contributed by atoms with E-state index in [9.17, 15) is 4.79 Å². The van der Waals surface area contributed by atoms with Crippen LogP contribution in [0.4, 0.5) is 0 Å². The van der Waals surface area contributed by atoms with Crippen molar-refractivity contribution in [2.45, 2.75) is 13.8 Å². The maximum atomic E-state index is 11.3. The summed E-state index contributed by atoms with van der Waals surface area (Å²) in [5, 5.41) is 6.76. The van der Waals surface area contributed by atoms with Gasteiger partial charge in [-0.25, -0.2) is 0 Å². The third-order valence-electron chi connectivity index (χ3n) is 2.33. The molecular weight excluding hydrogens is 188 g/mol. The summed E-state index contributed by atoms with van der Waals surface area (Å²) in [4.78, 5) is 11.3. The molecule has 0 aliphatic carbocycles. The molecule has 15 heavy (non-hydrogen) atoms. The van der Waals surface area contributed by atoms with Crippen molar-refractivity contribution in [2.75, 3.05) is 0 Å². The van der Waals surface area contributed by atoms with E-state index in [2.05, 4.69) is 10.2 Å². The number of hydrogen-bond donors (Lipinski definition) is 1. The van der Waals surface area contributed by atoms with Crippen LogP contribution in [-0.4, -0.2) is 16.0 Å². The molecule has 0 fully saturated rings. The standard InChI is InChI=1S/C12H12N2O/c1-8-4-3-5-10(6-8)12-11(9(2)15)7-13-14-12/h3-7H,1-2H3,(H,13,14). The van der Waals surface area contributed by atoms with Gasteiger partial charge in [-0.1, -0.05) is 23.8 Å². The maximum absolute atomic E-state index is 11.3. The number of hydrogen-bond acceptors (Lipinski definition) is 2. The first-order valence-electron chi connectivity index (χ1n) is 4.80. The van der Waals surface area contributed by atoms with Crippen LogP contribution in [0.3, 0.4) is 0 Å². The molecule has 2 rings (SSSR count). The van der Waals surface area contributed by atoms with Crippen LogP contribution < -0.4 is 0 Å². The molecule has 0 saturated heterocycles. The number of nitrogens with zero attached hydrogens (tertiary/aromatic N) is 1. The predicted octanol–water partition coefficient (Wildman–Crippen LogP) is 2.59. The largest absolute Gasteiger partial charge is 0.294 e. The van der Waals surface area contributed by atoms with Gasteiger partial charge in [0.1, 0.15) is 0 Å². The fourth-order valence-corrected chi connectivity index (χ4v) is 1.57. The van der Waals surface area contributed by atoms with Crippen molar-refractivity contribution in [3.05, 3.63) is 41.6 Å². The quantitative estimate of drug-likeness (QED) is 0.757. The molecule has 1 heterocycles. The average molecular weight is 200 g/mol. The molecule has 2 aromatic rings. The summed E-state index contributed by atoms with van der Waals surface area (Å²) in [6.07, 6.45) is 1.57. The number of benzene rings is 1. The Balaban J connectivity index is 2.54. The molecule has 3 heteroatoms. The van der Waals surface area contributed by atoms with Gasteiger partial charge >= 0.3 is 0 Å². The minimum Gasteiger partial charge on any atom is -0.294 e. The normalized spacial score (nSPS) is 10.3. The zero-order chi connectivity index (χ0) is 10.8. The van der Waals surface area contributed by atoms with Gasteiger partial charge in [-0.15, -0.1) is 0 Å². The highest BCUT2D eigenvalue weighted by Gasteiger charge is 2.10. The van der Waals surface area contributed by atoms with Gasteiger partial charge < -0.3 is 0 Å². The van der Waals surface area contributed by atoms with Gasteiger partial charge in [-0.2, -0.15) is 5.10 Å². The Labute approximate surface area is 88.1 Å². The number of Topliss-reactive ketones (excluding diaryl/α,β-unsaturated/α-hetero) is 1. The zero-order valence-electron chi connectivity index (χ0n) is 8.74. The second-order valence-electron chi connectivity index (χ2n) is 3.58. The number of aromatic nitrogens is 2. The topological polar surface area (TPSA) is 45.8 Å². The Hall–Kier alpha value is -1.90. The molecular formula is C12H12N2O. The third kappa shape index (κ3) is 1.81. The second kappa shape index (κ2) is 3.69. The Morgan fingerprint density at radius 1 is 1.40 bits per heavy atom. The highest BCUT2D eigenvalue weighted by molar-refractivity contribution is 5.99. The van der Waals surface area contributed by atoms with Crippen molar-refractivity contribution in [1.82, 2.24) is 10.2 Å². The smallest absolute Gasteiger partial charge is 0.163 e. The van der Waals surface area contributed by atoms with Crippen molar-refractivity contribution in [3.8, 4) is 11.3 Å². The summed E-state index contributed by atoms with van der Waals surface area (Å²) in [7, 11) is 0. The van der Waals surface area contributed by atoms with Crippen LogP contribution in [0.25, 0.3) is 11.3 Å². The summed E-state index contributed by atoms with van der Waals surface area (Å²) >= 11 is 0. The van der Waals surface area contributed by atoms with Crippen LogP contribution in [0, 0.1) is 6.92 Å². The predicted molar refractivity (Wildman–Crippen MR) is 58.8 cm³/mol. The fraction of sp³-hybridized carbons (Fsp3) is 0.167. The second-order valence-corrected chi connectivity index (χ2v) is 3.58. The lowest BCUT2D eigenvalue weighted by Crippen LogP contribution is -1.93. The number of ketones is 1. The van der Waals surface area contributed by atoms with E-state index in [-0.39, 0.29) is 5.78 Å². The van der Waals surface area contributed by atoms with E-state index >= 15 is 0 Å². The molecule has 3 nitrogen and oxygen atoms in total. The van der Waals surface area contributed by atoms with Crippen molar-refractivity contribution >= 4 is 5.78 Å². The summed E-state index contributed by atoms with van der Waals surface area (Å²) < 4.78 is 0. The van der Waals surface area contributed by atoms with Gasteiger partial charge in [0.05, 0.1) is 17.5 Å². The van der Waals surface area contributed by atoms with Crippen LogP contribution in [0.15, 0.2) is 30.5 Å². The van der Waals surface area contributed by atoms with E-state index in [0.717, 1.165) is 16.8 Å². The lowest BCUT2D eigenvalue weighted by Gasteiger charge is -2.01. The summed E-state index contributed by atoms with van der Waals surface area (Å²) in [5.74, 6) is 0.0280. The molecule has 0 atom stereocenters. The molecule has 0 spiro atoms. The third-order valence-corrected chi connectivity index (χ3v) is 2.33. The number of rotatable bonds is 2. The maximum Gasteiger partial charge on any atom is 0.163 e. The number of aromatic amines is 1. The summed E-state index contributed by atoms with van der Waals surface area (Å²) in [5.41, 5.74) is 3.60. The van der Waals surface area contributed by atoms with E-state index < -0.39 is 0 Å². The van der Waals surface area contributed by atoms with Gasteiger partial charge in [0.25, 0.3) is 0 Å². The van der Waals surface area contributed by atoms with E-state index in [1.54, 1.807) is 13.1 Å².